The molecule has 0 heterocycles. The zero-order valence-electron chi connectivity index (χ0n) is 25.0. The molecule has 0 saturated heterocycles. The summed E-state index contributed by atoms with van der Waals surface area (Å²) in [5, 5.41) is 3.80. The molecule has 1 unspecified atom stereocenters. The molecule has 1 aliphatic rings. The van der Waals surface area contributed by atoms with Crippen LogP contribution < -0.4 is 9.62 Å². The molecule has 1 aliphatic carbocycles. The minimum absolute atomic E-state index is 0.0838. The molecule has 9 heteroatoms. The molecule has 7 nitrogen and oxygen atoms in total. The summed E-state index contributed by atoms with van der Waals surface area (Å²) in [6.07, 6.45) is 7.13. The quantitative estimate of drug-likeness (QED) is 0.243. The van der Waals surface area contributed by atoms with Crippen molar-refractivity contribution in [1.82, 2.24) is 10.2 Å². The Hall–Kier alpha value is -3.36. The zero-order chi connectivity index (χ0) is 30.8. The average molecular weight is 624 g/mol. The van der Waals surface area contributed by atoms with E-state index in [9.17, 15) is 18.0 Å². The third kappa shape index (κ3) is 9.83. The Balaban J connectivity index is 1.58. The van der Waals surface area contributed by atoms with Gasteiger partial charge in [-0.25, -0.2) is 8.42 Å². The first-order valence-corrected chi connectivity index (χ1v) is 17.3. The summed E-state index contributed by atoms with van der Waals surface area (Å²) in [5.74, 6) is -0.374. The molecular weight excluding hydrogens is 582 g/mol. The summed E-state index contributed by atoms with van der Waals surface area (Å²) >= 11 is 6.29. The van der Waals surface area contributed by atoms with E-state index in [1.54, 1.807) is 23.1 Å². The summed E-state index contributed by atoms with van der Waals surface area (Å²) in [6.45, 7) is 2.30. The van der Waals surface area contributed by atoms with Crippen LogP contribution in [0, 0.1) is 6.92 Å². The Morgan fingerprint density at radius 2 is 1.60 bits per heavy atom. The number of halogens is 1. The third-order valence-corrected chi connectivity index (χ3v) is 9.37. The van der Waals surface area contributed by atoms with Crippen molar-refractivity contribution >= 4 is 39.1 Å². The van der Waals surface area contributed by atoms with Crippen molar-refractivity contribution in [2.24, 2.45) is 0 Å². The molecule has 0 aliphatic heterocycles. The predicted molar refractivity (Wildman–Crippen MR) is 174 cm³/mol. The monoisotopic (exact) mass is 623 g/mol. The third-order valence-electron chi connectivity index (χ3n) is 7.94. The number of hydrogen-bond acceptors (Lipinski definition) is 4. The lowest BCUT2D eigenvalue weighted by Gasteiger charge is -2.34. The summed E-state index contributed by atoms with van der Waals surface area (Å²) in [7, 11) is -3.56. The van der Waals surface area contributed by atoms with E-state index < -0.39 is 16.1 Å². The Kier molecular flexibility index (Phi) is 11.7. The van der Waals surface area contributed by atoms with Gasteiger partial charge in [0.2, 0.25) is 21.8 Å². The average Bonchev–Trinajstić information content (AvgIpc) is 2.98. The number of nitrogens with one attached hydrogen (secondary N) is 1. The van der Waals surface area contributed by atoms with Crippen molar-refractivity contribution in [3.63, 3.8) is 0 Å². The molecule has 1 N–H and O–H groups in total. The number of aryl methyl sites for hydroxylation is 1. The van der Waals surface area contributed by atoms with E-state index >= 15 is 0 Å². The van der Waals surface area contributed by atoms with Gasteiger partial charge in [0.15, 0.2) is 0 Å². The van der Waals surface area contributed by atoms with Gasteiger partial charge < -0.3 is 10.2 Å². The van der Waals surface area contributed by atoms with E-state index in [0.717, 1.165) is 42.4 Å². The maximum Gasteiger partial charge on any atom is 0.243 e. The van der Waals surface area contributed by atoms with Gasteiger partial charge >= 0.3 is 0 Å². The number of amides is 2. The van der Waals surface area contributed by atoms with Gasteiger partial charge in [-0.2, -0.15) is 0 Å². The van der Waals surface area contributed by atoms with Gasteiger partial charge in [0.25, 0.3) is 0 Å². The second-order valence-electron chi connectivity index (χ2n) is 11.5. The van der Waals surface area contributed by atoms with E-state index in [1.807, 2.05) is 67.6 Å². The molecule has 1 saturated carbocycles. The van der Waals surface area contributed by atoms with E-state index in [4.69, 9.17) is 11.6 Å². The van der Waals surface area contributed by atoms with Gasteiger partial charge in [0.1, 0.15) is 6.04 Å². The van der Waals surface area contributed by atoms with E-state index in [1.165, 1.54) is 17.0 Å². The van der Waals surface area contributed by atoms with Crippen molar-refractivity contribution in [2.75, 3.05) is 17.1 Å². The fourth-order valence-electron chi connectivity index (χ4n) is 5.65. The molecule has 0 bridgehead atoms. The molecule has 0 radical (unpaired) electrons. The lowest BCUT2D eigenvalue weighted by Crippen LogP contribution is -2.52. The molecule has 4 rings (SSSR count). The first-order valence-electron chi connectivity index (χ1n) is 15.0. The van der Waals surface area contributed by atoms with Gasteiger partial charge in [-0.05, 0) is 61.6 Å². The number of benzene rings is 3. The van der Waals surface area contributed by atoms with E-state index in [2.05, 4.69) is 5.32 Å². The second-order valence-corrected chi connectivity index (χ2v) is 13.8. The highest BCUT2D eigenvalue weighted by Gasteiger charge is 2.32. The Morgan fingerprint density at radius 3 is 2.26 bits per heavy atom. The van der Waals surface area contributed by atoms with E-state index in [-0.39, 0.29) is 37.4 Å². The minimum Gasteiger partial charge on any atom is -0.352 e. The molecule has 3 aromatic carbocycles. The topological polar surface area (TPSA) is 86.8 Å². The molecule has 3 aromatic rings. The van der Waals surface area contributed by atoms with Crippen molar-refractivity contribution in [1.29, 1.82) is 0 Å². The Bertz CT molecular complexity index is 1460. The van der Waals surface area contributed by atoms with Gasteiger partial charge in [-0.3, -0.25) is 13.9 Å². The molecule has 230 valence electrons. The maximum atomic E-state index is 14.0. The molecule has 2 amide bonds. The number of nitrogens with zero attached hydrogens (tertiary/aromatic N) is 2. The molecule has 0 spiro atoms. The van der Waals surface area contributed by atoms with Crippen LogP contribution in [-0.2, 0) is 32.6 Å². The lowest BCUT2D eigenvalue weighted by atomic mass is 9.94. The highest BCUT2D eigenvalue weighted by atomic mass is 35.5. The standard InChI is InChI=1S/C34H42ClN3O4S/c1-26-18-20-31(21-19-26)38(43(2,41)42)22-10-17-33(39)37(25-28-13-9-14-29(35)23-28)32(24-27-11-5-3-6-12-27)34(40)36-30-15-7-4-8-16-30/h3,5-6,9,11-14,18-21,23,30,32H,4,7-8,10,15-17,22,24-25H2,1-2H3,(H,36,40). The minimum atomic E-state index is -3.56. The highest BCUT2D eigenvalue weighted by Crippen LogP contribution is 2.23. The van der Waals surface area contributed by atoms with Crippen LogP contribution in [0.2, 0.25) is 5.02 Å². The number of sulfonamides is 1. The van der Waals surface area contributed by atoms with Crippen LogP contribution in [-0.4, -0.2) is 50.0 Å². The second kappa shape index (κ2) is 15.4. The Labute approximate surface area is 261 Å². The van der Waals surface area contributed by atoms with E-state index in [0.29, 0.717) is 23.6 Å². The lowest BCUT2D eigenvalue weighted by molar-refractivity contribution is -0.141. The van der Waals surface area contributed by atoms with Crippen LogP contribution in [0.5, 0.6) is 0 Å². The summed E-state index contributed by atoms with van der Waals surface area (Å²) in [6, 6.07) is 23.7. The number of rotatable bonds is 13. The van der Waals surface area contributed by atoms with Gasteiger partial charge in [0.05, 0.1) is 11.9 Å². The molecular formula is C34H42ClN3O4S. The number of hydrogen-bond donors (Lipinski definition) is 1. The summed E-state index contributed by atoms with van der Waals surface area (Å²) < 4.78 is 26.6. The number of carbonyl (C=O) groups is 2. The molecule has 43 heavy (non-hydrogen) atoms. The number of carbonyl (C=O) groups excluding carboxylic acids is 2. The SMILES string of the molecule is Cc1ccc(N(CCCC(=O)N(Cc2cccc(Cl)c2)C(Cc2ccccc2)C(=O)NC2CCCCC2)S(C)(=O)=O)cc1. The first kappa shape index (κ1) is 32.6. The van der Waals surface area contributed by atoms with Crippen LogP contribution >= 0.6 is 11.6 Å². The van der Waals surface area contributed by atoms with Crippen LogP contribution in [0.25, 0.3) is 0 Å². The first-order chi connectivity index (χ1) is 20.6. The van der Waals surface area contributed by atoms with Crippen molar-refractivity contribution in [3.8, 4) is 0 Å². The van der Waals surface area contributed by atoms with Gasteiger partial charge in [-0.15, -0.1) is 0 Å². The van der Waals surface area contributed by atoms with Gasteiger partial charge in [-0.1, -0.05) is 91.0 Å². The fourth-order valence-corrected chi connectivity index (χ4v) is 6.82. The Morgan fingerprint density at radius 1 is 0.930 bits per heavy atom. The van der Waals surface area contributed by atoms with Crippen molar-refractivity contribution in [3.05, 3.63) is 101 Å². The van der Waals surface area contributed by atoms with Crippen LogP contribution in [0.15, 0.2) is 78.9 Å². The maximum absolute atomic E-state index is 14.0. The van der Waals surface area contributed by atoms with Crippen LogP contribution in [0.1, 0.15) is 61.6 Å². The fraction of sp³-hybridized carbons (Fsp3) is 0.412. The molecule has 0 aromatic heterocycles. The smallest absolute Gasteiger partial charge is 0.243 e. The van der Waals surface area contributed by atoms with Gasteiger partial charge in [0, 0.05) is 37.0 Å². The van der Waals surface area contributed by atoms with Crippen molar-refractivity contribution < 1.29 is 18.0 Å². The normalized spacial score (nSPS) is 14.6. The van der Waals surface area contributed by atoms with Crippen molar-refractivity contribution in [2.45, 2.75) is 76.9 Å². The summed E-state index contributed by atoms with van der Waals surface area (Å²) in [5.41, 5.74) is 3.37. The molecule has 1 atom stereocenters. The van der Waals surface area contributed by atoms with Crippen LogP contribution in [0.4, 0.5) is 5.69 Å². The summed E-state index contributed by atoms with van der Waals surface area (Å²) in [4.78, 5) is 29.6. The highest BCUT2D eigenvalue weighted by molar-refractivity contribution is 7.92. The predicted octanol–water partition coefficient (Wildman–Crippen LogP) is 6.28. The zero-order valence-corrected chi connectivity index (χ0v) is 26.6. The molecule has 1 fully saturated rings. The van der Waals surface area contributed by atoms with Crippen LogP contribution in [0.3, 0.4) is 0 Å². The number of anilines is 1. The largest absolute Gasteiger partial charge is 0.352 e.